The molecule has 1 rings (SSSR count). The van der Waals surface area contributed by atoms with Gasteiger partial charge in [-0.05, 0) is 25.2 Å². The summed E-state index contributed by atoms with van der Waals surface area (Å²) in [5, 5.41) is 3.64. The van der Waals surface area contributed by atoms with E-state index in [-0.39, 0.29) is 5.78 Å². The molecule has 0 bridgehead atoms. The van der Waals surface area contributed by atoms with Crippen molar-refractivity contribution in [2.24, 2.45) is 0 Å². The first kappa shape index (κ1) is 10.5. The highest BCUT2D eigenvalue weighted by Crippen LogP contribution is 2.22. The third-order valence-corrected chi connectivity index (χ3v) is 2.32. The van der Waals surface area contributed by atoms with E-state index < -0.39 is 0 Å². The van der Waals surface area contributed by atoms with Crippen molar-refractivity contribution in [1.82, 2.24) is 5.32 Å². The van der Waals surface area contributed by atoms with Crippen LogP contribution in [0.2, 0.25) is 10.0 Å². The van der Waals surface area contributed by atoms with E-state index in [4.69, 9.17) is 23.2 Å². The number of hydrogen-bond donors (Lipinski definition) is 1. The third-order valence-electron chi connectivity index (χ3n) is 1.58. The minimum Gasteiger partial charge on any atom is -0.313 e. The average molecular weight is 218 g/mol. The zero-order valence-corrected chi connectivity index (χ0v) is 8.62. The van der Waals surface area contributed by atoms with E-state index in [1.165, 1.54) is 0 Å². The highest BCUT2D eigenvalue weighted by Gasteiger charge is 2.06. The SMILES string of the molecule is CNCC(=O)c1ccc(Cl)c(Cl)c1. The molecule has 4 heteroatoms. The molecule has 13 heavy (non-hydrogen) atoms. The van der Waals surface area contributed by atoms with Gasteiger partial charge in [0.05, 0.1) is 16.6 Å². The molecule has 0 heterocycles. The molecule has 0 aliphatic rings. The molecular weight excluding hydrogens is 209 g/mol. The number of halogens is 2. The molecule has 0 saturated heterocycles. The van der Waals surface area contributed by atoms with Gasteiger partial charge >= 0.3 is 0 Å². The lowest BCUT2D eigenvalue weighted by molar-refractivity contribution is 0.0993. The standard InChI is InChI=1S/C9H9Cl2NO/c1-12-5-9(13)6-2-3-7(10)8(11)4-6/h2-4,12H,5H2,1H3. The highest BCUT2D eigenvalue weighted by atomic mass is 35.5. The van der Waals surface area contributed by atoms with Gasteiger partial charge in [0.15, 0.2) is 5.78 Å². The van der Waals surface area contributed by atoms with Gasteiger partial charge in [0.25, 0.3) is 0 Å². The summed E-state index contributed by atoms with van der Waals surface area (Å²) in [6, 6.07) is 4.85. The van der Waals surface area contributed by atoms with Gasteiger partial charge in [-0.1, -0.05) is 23.2 Å². The van der Waals surface area contributed by atoms with Gasteiger partial charge in [-0.2, -0.15) is 0 Å². The number of rotatable bonds is 3. The van der Waals surface area contributed by atoms with Gasteiger partial charge in [-0.3, -0.25) is 4.79 Å². The molecule has 0 aliphatic carbocycles. The molecule has 2 nitrogen and oxygen atoms in total. The van der Waals surface area contributed by atoms with E-state index in [1.54, 1.807) is 25.2 Å². The Labute approximate surface area is 86.8 Å². The number of Topliss-reactive ketones (excluding diaryl/α,β-unsaturated/α-hetero) is 1. The van der Waals surface area contributed by atoms with Gasteiger partial charge in [0.2, 0.25) is 0 Å². The van der Waals surface area contributed by atoms with Crippen molar-refractivity contribution in [2.75, 3.05) is 13.6 Å². The van der Waals surface area contributed by atoms with Crippen LogP contribution in [0, 0.1) is 0 Å². The van der Waals surface area contributed by atoms with Crippen molar-refractivity contribution in [1.29, 1.82) is 0 Å². The minimum atomic E-state index is 0.000988. The van der Waals surface area contributed by atoms with Crippen LogP contribution in [0.4, 0.5) is 0 Å². The Kier molecular flexibility index (Phi) is 3.72. The summed E-state index contributed by atoms with van der Waals surface area (Å²) in [6.45, 7) is 0.304. The molecule has 0 aliphatic heterocycles. The van der Waals surface area contributed by atoms with E-state index in [2.05, 4.69) is 5.32 Å². The molecule has 0 radical (unpaired) electrons. The van der Waals surface area contributed by atoms with Crippen molar-refractivity contribution < 1.29 is 4.79 Å². The van der Waals surface area contributed by atoms with Gasteiger partial charge in [-0.15, -0.1) is 0 Å². The van der Waals surface area contributed by atoms with E-state index >= 15 is 0 Å². The molecule has 70 valence electrons. The molecular formula is C9H9Cl2NO. The molecule has 0 atom stereocenters. The Morgan fingerprint density at radius 2 is 2.08 bits per heavy atom. The van der Waals surface area contributed by atoms with Crippen molar-refractivity contribution in [2.45, 2.75) is 0 Å². The summed E-state index contributed by atoms with van der Waals surface area (Å²) < 4.78 is 0. The van der Waals surface area contributed by atoms with Crippen LogP contribution in [-0.4, -0.2) is 19.4 Å². The molecule has 0 amide bonds. The fourth-order valence-electron chi connectivity index (χ4n) is 0.932. The van der Waals surface area contributed by atoms with Crippen LogP contribution < -0.4 is 5.32 Å². The lowest BCUT2D eigenvalue weighted by Crippen LogP contribution is -2.18. The number of carbonyl (C=O) groups excluding carboxylic acids is 1. The topological polar surface area (TPSA) is 29.1 Å². The monoisotopic (exact) mass is 217 g/mol. The molecule has 1 aromatic rings. The Morgan fingerprint density at radius 3 is 2.62 bits per heavy atom. The lowest BCUT2D eigenvalue weighted by Gasteiger charge is -2.01. The van der Waals surface area contributed by atoms with Crippen LogP contribution in [0.1, 0.15) is 10.4 Å². The molecule has 0 unspecified atom stereocenters. The lowest BCUT2D eigenvalue weighted by atomic mass is 10.1. The predicted molar refractivity (Wildman–Crippen MR) is 54.7 cm³/mol. The Morgan fingerprint density at radius 1 is 1.38 bits per heavy atom. The maximum absolute atomic E-state index is 11.3. The summed E-state index contributed by atoms with van der Waals surface area (Å²) in [4.78, 5) is 11.3. The maximum Gasteiger partial charge on any atom is 0.176 e. The van der Waals surface area contributed by atoms with Crippen molar-refractivity contribution >= 4 is 29.0 Å². The maximum atomic E-state index is 11.3. The molecule has 0 fully saturated rings. The van der Waals surface area contributed by atoms with Gasteiger partial charge in [0.1, 0.15) is 0 Å². The highest BCUT2D eigenvalue weighted by molar-refractivity contribution is 6.42. The second kappa shape index (κ2) is 4.61. The fraction of sp³-hybridized carbons (Fsp3) is 0.222. The largest absolute Gasteiger partial charge is 0.313 e. The molecule has 0 aromatic heterocycles. The van der Waals surface area contributed by atoms with Crippen LogP contribution in [0.3, 0.4) is 0 Å². The third kappa shape index (κ3) is 2.69. The van der Waals surface area contributed by atoms with Crippen LogP contribution in [-0.2, 0) is 0 Å². The van der Waals surface area contributed by atoms with Gasteiger partial charge in [-0.25, -0.2) is 0 Å². The smallest absolute Gasteiger partial charge is 0.176 e. The zero-order chi connectivity index (χ0) is 9.84. The van der Waals surface area contributed by atoms with E-state index in [0.29, 0.717) is 22.2 Å². The Hall–Kier alpha value is -0.570. The first-order chi connectivity index (χ1) is 6.15. The second-order valence-electron chi connectivity index (χ2n) is 2.58. The van der Waals surface area contributed by atoms with E-state index in [0.717, 1.165) is 0 Å². The Balaban J connectivity index is 2.90. The van der Waals surface area contributed by atoms with Crippen LogP contribution in [0.25, 0.3) is 0 Å². The Bertz CT molecular complexity index is 325. The van der Waals surface area contributed by atoms with Crippen LogP contribution in [0.5, 0.6) is 0 Å². The van der Waals surface area contributed by atoms with E-state index in [9.17, 15) is 4.79 Å². The number of benzene rings is 1. The van der Waals surface area contributed by atoms with Crippen LogP contribution in [0.15, 0.2) is 18.2 Å². The average Bonchev–Trinajstić information content (AvgIpc) is 2.10. The minimum absolute atomic E-state index is 0.000988. The summed E-state index contributed by atoms with van der Waals surface area (Å²) in [5.41, 5.74) is 0.573. The first-order valence-corrected chi connectivity index (χ1v) is 4.53. The summed E-state index contributed by atoms with van der Waals surface area (Å²) in [6.07, 6.45) is 0. The van der Waals surface area contributed by atoms with Gasteiger partial charge < -0.3 is 5.32 Å². The quantitative estimate of drug-likeness (QED) is 0.789. The normalized spacial score (nSPS) is 10.1. The van der Waals surface area contributed by atoms with E-state index in [1.807, 2.05) is 0 Å². The molecule has 0 spiro atoms. The number of carbonyl (C=O) groups is 1. The first-order valence-electron chi connectivity index (χ1n) is 3.78. The zero-order valence-electron chi connectivity index (χ0n) is 7.10. The van der Waals surface area contributed by atoms with Crippen molar-refractivity contribution in [3.05, 3.63) is 33.8 Å². The van der Waals surface area contributed by atoms with Gasteiger partial charge in [0, 0.05) is 5.56 Å². The number of likely N-dealkylation sites (N-methyl/N-ethyl adjacent to an activating group) is 1. The molecule has 1 N–H and O–H groups in total. The summed E-state index contributed by atoms with van der Waals surface area (Å²) in [5.74, 6) is 0.000988. The number of hydrogen-bond acceptors (Lipinski definition) is 2. The number of ketones is 1. The molecule has 1 aromatic carbocycles. The van der Waals surface area contributed by atoms with Crippen molar-refractivity contribution in [3.63, 3.8) is 0 Å². The number of nitrogens with one attached hydrogen (secondary N) is 1. The van der Waals surface area contributed by atoms with Crippen molar-refractivity contribution in [3.8, 4) is 0 Å². The molecule has 0 saturated carbocycles. The second-order valence-corrected chi connectivity index (χ2v) is 3.40. The predicted octanol–water partition coefficient (Wildman–Crippen LogP) is 2.40. The fourth-order valence-corrected chi connectivity index (χ4v) is 1.23. The summed E-state index contributed by atoms with van der Waals surface area (Å²) >= 11 is 11.5. The van der Waals surface area contributed by atoms with Crippen LogP contribution >= 0.6 is 23.2 Å². The summed E-state index contributed by atoms with van der Waals surface area (Å²) in [7, 11) is 1.72.